The van der Waals surface area contributed by atoms with Crippen LogP contribution in [0.4, 0.5) is 0 Å². The molecule has 38 heavy (non-hydrogen) atoms. The summed E-state index contributed by atoms with van der Waals surface area (Å²) in [5, 5.41) is 0. The van der Waals surface area contributed by atoms with Gasteiger partial charge in [0.05, 0.1) is 0 Å². The first-order valence-electron chi connectivity index (χ1n) is 15.8. The molecule has 2 aliphatic carbocycles. The van der Waals surface area contributed by atoms with E-state index in [9.17, 15) is 0 Å². The van der Waals surface area contributed by atoms with Crippen LogP contribution in [0.15, 0.2) is 30.3 Å². The first kappa shape index (κ1) is 50.1. The number of hydrogen-bond donors (Lipinski definition) is 0. The van der Waals surface area contributed by atoms with Gasteiger partial charge in [-0.05, 0) is 34.7 Å². The van der Waals surface area contributed by atoms with Crippen molar-refractivity contribution in [3.63, 3.8) is 0 Å². The Bertz CT molecular complexity index is 477. The van der Waals surface area contributed by atoms with E-state index in [-0.39, 0.29) is 22.3 Å². The second kappa shape index (κ2) is 34.2. The summed E-state index contributed by atoms with van der Waals surface area (Å²) >= 11 is 0. The van der Waals surface area contributed by atoms with Gasteiger partial charge in [0.1, 0.15) is 0 Å². The van der Waals surface area contributed by atoms with Gasteiger partial charge in [-0.15, -0.1) is 0 Å². The predicted molar refractivity (Wildman–Crippen MR) is 187 cm³/mol. The molecule has 0 aliphatic heterocycles. The quantitative estimate of drug-likeness (QED) is 0.328. The van der Waals surface area contributed by atoms with Crippen LogP contribution in [0.25, 0.3) is 0 Å². The molecule has 2 saturated carbocycles. The Hall–Kier alpha value is -0.780. The highest BCUT2D eigenvalue weighted by Crippen LogP contribution is 2.29. The Morgan fingerprint density at radius 1 is 0.500 bits per heavy atom. The van der Waals surface area contributed by atoms with Gasteiger partial charge in [0.15, 0.2) is 0 Å². The van der Waals surface area contributed by atoms with Gasteiger partial charge < -0.3 is 0 Å². The molecule has 234 valence electrons. The molecule has 0 saturated heterocycles. The van der Waals surface area contributed by atoms with E-state index >= 15 is 0 Å². The van der Waals surface area contributed by atoms with Crippen molar-refractivity contribution in [2.75, 3.05) is 0 Å². The van der Waals surface area contributed by atoms with Crippen molar-refractivity contribution in [1.29, 1.82) is 0 Å². The lowest BCUT2D eigenvalue weighted by molar-refractivity contribution is 0.279. The normalized spacial score (nSPS) is 15.0. The van der Waals surface area contributed by atoms with Gasteiger partial charge in [-0.3, -0.25) is 0 Å². The number of benzene rings is 1. The molecule has 2 fully saturated rings. The summed E-state index contributed by atoms with van der Waals surface area (Å²) < 4.78 is 0. The highest BCUT2D eigenvalue weighted by Gasteiger charge is 2.16. The van der Waals surface area contributed by atoms with Gasteiger partial charge in [-0.2, -0.15) is 0 Å². The summed E-state index contributed by atoms with van der Waals surface area (Å²) in [4.78, 5) is 0. The van der Waals surface area contributed by atoms with Crippen LogP contribution in [0, 0.1) is 23.7 Å². The van der Waals surface area contributed by atoms with Crippen molar-refractivity contribution in [2.45, 2.75) is 188 Å². The maximum Gasteiger partial charge on any atom is -0.0132 e. The molecular formula is C38H82. The Kier molecular flexibility index (Phi) is 45.1. The summed E-state index contributed by atoms with van der Waals surface area (Å²) in [6.45, 7) is 28.1. The smallest absolute Gasteiger partial charge is 0.0132 e. The van der Waals surface area contributed by atoms with E-state index in [4.69, 9.17) is 0 Å². The molecule has 0 heterocycles. The lowest BCUT2D eigenvalue weighted by Gasteiger charge is -2.24. The van der Waals surface area contributed by atoms with Crippen LogP contribution in [-0.4, -0.2) is 0 Å². The van der Waals surface area contributed by atoms with E-state index < -0.39 is 0 Å². The standard InChI is InChI=1S/C10H14.C10H20.C9H18.3C2H6.3CH4/c1-10(2,3)9-7-5-4-6-8-9;1-9(2)10-7-5-3-4-6-8-10;1-8(2)9-6-4-3-5-7-9;3*1-2;;;/h4-8H,1-3H3;9-10H,3-8H2,1-2H3;8-9H,3-7H2,1-2H3;3*1-2H3;3*1H4. The average molecular weight is 539 g/mol. The molecule has 0 amide bonds. The lowest BCUT2D eigenvalue weighted by Crippen LogP contribution is -2.12. The highest BCUT2D eigenvalue weighted by atomic mass is 14.2. The zero-order chi connectivity index (χ0) is 27.7. The summed E-state index contributed by atoms with van der Waals surface area (Å²) in [6, 6.07) is 10.6. The van der Waals surface area contributed by atoms with E-state index in [1.807, 2.05) is 41.5 Å². The highest BCUT2D eigenvalue weighted by molar-refractivity contribution is 5.21. The first-order valence-corrected chi connectivity index (χ1v) is 15.8. The molecule has 0 radical (unpaired) electrons. The van der Waals surface area contributed by atoms with Gasteiger partial charge in [0.2, 0.25) is 0 Å². The summed E-state index contributed by atoms with van der Waals surface area (Å²) in [7, 11) is 0. The topological polar surface area (TPSA) is 0 Å². The van der Waals surface area contributed by atoms with Crippen molar-refractivity contribution in [3.05, 3.63) is 35.9 Å². The number of rotatable bonds is 2. The summed E-state index contributed by atoms with van der Waals surface area (Å²) in [5.41, 5.74) is 1.69. The van der Waals surface area contributed by atoms with Crippen LogP contribution >= 0.6 is 0 Å². The number of hydrogen-bond acceptors (Lipinski definition) is 0. The van der Waals surface area contributed by atoms with Crippen LogP contribution in [0.5, 0.6) is 0 Å². The van der Waals surface area contributed by atoms with Crippen molar-refractivity contribution in [2.24, 2.45) is 23.7 Å². The van der Waals surface area contributed by atoms with Crippen LogP contribution in [0.3, 0.4) is 0 Å². The van der Waals surface area contributed by atoms with Crippen LogP contribution in [-0.2, 0) is 5.41 Å². The Labute approximate surface area is 247 Å². The molecule has 0 atom stereocenters. The molecule has 1 aromatic rings. The second-order valence-corrected chi connectivity index (χ2v) is 11.3. The SMILES string of the molecule is C.C.C.CC.CC.CC.CC(C)(C)c1ccccc1.CC(C)C1CCCCC1.CC(C)C1CCCCCC1. The zero-order valence-corrected chi connectivity index (χ0v) is 27.0. The molecule has 0 heteroatoms. The van der Waals surface area contributed by atoms with Crippen LogP contribution < -0.4 is 0 Å². The summed E-state index contributed by atoms with van der Waals surface area (Å²) in [6.07, 6.45) is 16.4. The Morgan fingerprint density at radius 3 is 0.974 bits per heavy atom. The maximum absolute atomic E-state index is 2.37. The molecule has 0 unspecified atom stereocenters. The third-order valence-electron chi connectivity index (χ3n) is 7.08. The minimum Gasteiger partial charge on any atom is -0.0776 e. The van der Waals surface area contributed by atoms with Crippen LogP contribution in [0.1, 0.15) is 188 Å². The van der Waals surface area contributed by atoms with E-state index in [1.54, 1.807) is 0 Å². The Balaban J connectivity index is -0.0000000886. The van der Waals surface area contributed by atoms with Crippen LogP contribution in [0.2, 0.25) is 0 Å². The minimum absolute atomic E-state index is 0. The van der Waals surface area contributed by atoms with Gasteiger partial charge in [-0.1, -0.05) is 213 Å². The Morgan fingerprint density at radius 2 is 0.763 bits per heavy atom. The molecular weight excluding hydrogens is 456 g/mol. The third-order valence-corrected chi connectivity index (χ3v) is 7.08. The molecule has 2 aliphatic rings. The van der Waals surface area contributed by atoms with Crippen molar-refractivity contribution >= 4 is 0 Å². The fourth-order valence-corrected chi connectivity index (χ4v) is 4.72. The fourth-order valence-electron chi connectivity index (χ4n) is 4.72. The molecule has 0 spiro atoms. The molecule has 0 bridgehead atoms. The fraction of sp³-hybridized carbons (Fsp3) is 0.842. The van der Waals surface area contributed by atoms with Gasteiger partial charge in [0, 0.05) is 0 Å². The third kappa shape index (κ3) is 28.2. The van der Waals surface area contributed by atoms with E-state index in [2.05, 4.69) is 78.8 Å². The molecule has 0 nitrogen and oxygen atoms in total. The van der Waals surface area contributed by atoms with E-state index in [0.29, 0.717) is 5.41 Å². The molecule has 3 rings (SSSR count). The minimum atomic E-state index is 0. The average Bonchev–Trinajstić information content (AvgIpc) is 3.19. The first-order chi connectivity index (χ1) is 16.7. The van der Waals surface area contributed by atoms with Gasteiger partial charge >= 0.3 is 0 Å². The molecule has 1 aromatic carbocycles. The molecule has 0 aromatic heterocycles. The van der Waals surface area contributed by atoms with Gasteiger partial charge in [-0.25, -0.2) is 0 Å². The van der Waals surface area contributed by atoms with Crippen molar-refractivity contribution < 1.29 is 0 Å². The largest absolute Gasteiger partial charge is 0.0776 e. The summed E-state index contributed by atoms with van der Waals surface area (Å²) in [5.74, 6) is 3.96. The monoisotopic (exact) mass is 539 g/mol. The molecule has 0 N–H and O–H groups in total. The second-order valence-electron chi connectivity index (χ2n) is 11.3. The lowest BCUT2D eigenvalue weighted by atomic mass is 9.82. The maximum atomic E-state index is 2.37. The van der Waals surface area contributed by atoms with Crippen molar-refractivity contribution in [3.8, 4) is 0 Å². The van der Waals surface area contributed by atoms with Crippen molar-refractivity contribution in [1.82, 2.24) is 0 Å². The zero-order valence-electron chi connectivity index (χ0n) is 27.0. The van der Waals surface area contributed by atoms with E-state index in [1.165, 1.54) is 76.2 Å². The van der Waals surface area contributed by atoms with Gasteiger partial charge in [0.25, 0.3) is 0 Å². The van der Waals surface area contributed by atoms with E-state index in [0.717, 1.165) is 23.7 Å². The predicted octanol–water partition coefficient (Wildman–Crippen LogP) is 14.8.